The minimum absolute atomic E-state index is 0. The number of rotatable bonds is 6. The van der Waals surface area contributed by atoms with Gasteiger partial charge in [-0.3, -0.25) is 14.7 Å². The van der Waals surface area contributed by atoms with E-state index in [0.717, 1.165) is 39.1 Å². The van der Waals surface area contributed by atoms with Gasteiger partial charge >= 0.3 is 5.97 Å². The zero-order chi connectivity index (χ0) is 14.2. The normalized spacial score (nSPS) is 14.7. The number of hydrogen-bond donors (Lipinski definition) is 0. The molecule has 0 saturated carbocycles. The number of esters is 1. The van der Waals surface area contributed by atoms with Crippen LogP contribution in [-0.4, -0.2) is 55.2 Å². The van der Waals surface area contributed by atoms with Crippen LogP contribution in [0.2, 0.25) is 0 Å². The summed E-state index contributed by atoms with van der Waals surface area (Å²) in [5, 5.41) is 0. The predicted molar refractivity (Wildman–Crippen MR) is 93.3 cm³/mol. The smallest absolute Gasteiger partial charge is 0.305 e. The van der Waals surface area contributed by atoms with E-state index in [1.807, 2.05) is 19.3 Å². The van der Waals surface area contributed by atoms with Crippen molar-refractivity contribution in [3.63, 3.8) is 0 Å². The van der Waals surface area contributed by atoms with Gasteiger partial charge < -0.3 is 9.64 Å². The zero-order valence-electron chi connectivity index (χ0n) is 12.9. The molecule has 5 nitrogen and oxygen atoms in total. The molecule has 0 aromatic carbocycles. The molecule has 0 atom stereocenters. The van der Waals surface area contributed by atoms with Gasteiger partial charge in [-0.25, -0.2) is 0 Å². The van der Waals surface area contributed by atoms with Crippen LogP contribution in [0.5, 0.6) is 0 Å². The molecule has 2 heterocycles. The van der Waals surface area contributed by atoms with Crippen LogP contribution >= 0.6 is 24.8 Å². The number of piperazine rings is 1. The van der Waals surface area contributed by atoms with E-state index in [0.29, 0.717) is 13.0 Å². The Morgan fingerprint density at radius 3 is 2.41 bits per heavy atom. The Balaban J connectivity index is 0.00000220. The van der Waals surface area contributed by atoms with Gasteiger partial charge in [0.2, 0.25) is 0 Å². The summed E-state index contributed by atoms with van der Waals surface area (Å²) in [4.78, 5) is 20.1. The first-order valence-corrected chi connectivity index (χ1v) is 7.32. The number of carbonyl (C=O) groups is 1. The lowest BCUT2D eigenvalue weighted by Crippen LogP contribution is -2.46. The van der Waals surface area contributed by atoms with E-state index >= 15 is 0 Å². The highest BCUT2D eigenvalue weighted by molar-refractivity contribution is 5.85. The molecule has 1 aromatic heterocycles. The maximum Gasteiger partial charge on any atom is 0.305 e. The van der Waals surface area contributed by atoms with E-state index in [1.165, 1.54) is 5.69 Å². The molecule has 22 heavy (non-hydrogen) atoms. The Bertz CT molecular complexity index is 413. The molecule has 0 spiro atoms. The van der Waals surface area contributed by atoms with Crippen LogP contribution in [0.4, 0.5) is 5.69 Å². The van der Waals surface area contributed by atoms with Crippen molar-refractivity contribution in [2.45, 2.75) is 19.8 Å². The van der Waals surface area contributed by atoms with Crippen LogP contribution in [0.15, 0.2) is 24.5 Å². The third-order valence-corrected chi connectivity index (χ3v) is 3.56. The Kier molecular flexibility index (Phi) is 11.0. The number of anilines is 1. The second kappa shape index (κ2) is 11.5. The summed E-state index contributed by atoms with van der Waals surface area (Å²) in [7, 11) is 0. The molecule has 0 radical (unpaired) electrons. The van der Waals surface area contributed by atoms with Crippen LogP contribution in [0.1, 0.15) is 19.8 Å². The first-order chi connectivity index (χ1) is 9.79. The van der Waals surface area contributed by atoms with E-state index in [-0.39, 0.29) is 30.8 Å². The second-order valence-corrected chi connectivity index (χ2v) is 4.94. The maximum absolute atomic E-state index is 11.3. The van der Waals surface area contributed by atoms with Crippen LogP contribution in [0.3, 0.4) is 0 Å². The van der Waals surface area contributed by atoms with Crippen molar-refractivity contribution in [1.29, 1.82) is 0 Å². The summed E-state index contributed by atoms with van der Waals surface area (Å²) >= 11 is 0. The first kappa shape index (κ1) is 21.0. The largest absolute Gasteiger partial charge is 0.466 e. The molecule has 0 N–H and O–H groups in total. The number of pyridine rings is 1. The van der Waals surface area contributed by atoms with Crippen molar-refractivity contribution in [2.24, 2.45) is 0 Å². The summed E-state index contributed by atoms with van der Waals surface area (Å²) in [6.45, 7) is 7.45. The summed E-state index contributed by atoms with van der Waals surface area (Å²) < 4.78 is 4.93. The standard InChI is InChI=1S/C15H23N3O2.2ClH/c1-2-20-15(19)4-3-9-17-10-12-18(13-11-17)14-5-7-16-8-6-14;;/h5-8H,2-4,9-13H2,1H3;2*1H. The fourth-order valence-corrected chi connectivity index (χ4v) is 2.46. The van der Waals surface area contributed by atoms with Gasteiger partial charge in [0.05, 0.1) is 6.61 Å². The van der Waals surface area contributed by atoms with Gasteiger partial charge in [0.15, 0.2) is 0 Å². The molecule has 0 bridgehead atoms. The molecule has 0 amide bonds. The van der Waals surface area contributed by atoms with Crippen molar-refractivity contribution < 1.29 is 9.53 Å². The summed E-state index contributed by atoms with van der Waals surface area (Å²) in [6.07, 6.45) is 5.08. The monoisotopic (exact) mass is 349 g/mol. The molecule has 1 fully saturated rings. The van der Waals surface area contributed by atoms with E-state index in [2.05, 4.69) is 26.9 Å². The van der Waals surface area contributed by atoms with Gasteiger partial charge in [0, 0.05) is 50.7 Å². The molecule has 1 aliphatic heterocycles. The van der Waals surface area contributed by atoms with Crippen LogP contribution in [0, 0.1) is 0 Å². The molecule has 7 heteroatoms. The van der Waals surface area contributed by atoms with Gasteiger partial charge in [0.25, 0.3) is 0 Å². The van der Waals surface area contributed by atoms with E-state index in [9.17, 15) is 4.79 Å². The number of halogens is 2. The number of aromatic nitrogens is 1. The van der Waals surface area contributed by atoms with Crippen molar-refractivity contribution in [3.05, 3.63) is 24.5 Å². The molecule has 2 rings (SSSR count). The van der Waals surface area contributed by atoms with E-state index in [4.69, 9.17) is 4.74 Å². The Morgan fingerprint density at radius 2 is 1.82 bits per heavy atom. The summed E-state index contributed by atoms with van der Waals surface area (Å²) in [6, 6.07) is 4.10. The number of hydrogen-bond acceptors (Lipinski definition) is 5. The highest BCUT2D eigenvalue weighted by Crippen LogP contribution is 2.14. The van der Waals surface area contributed by atoms with E-state index < -0.39 is 0 Å². The average Bonchev–Trinajstić information content (AvgIpc) is 2.49. The van der Waals surface area contributed by atoms with Gasteiger partial charge in [-0.15, -0.1) is 24.8 Å². The van der Waals surface area contributed by atoms with Crippen molar-refractivity contribution >= 4 is 36.5 Å². The van der Waals surface area contributed by atoms with Gasteiger partial charge in [-0.2, -0.15) is 0 Å². The second-order valence-electron chi connectivity index (χ2n) is 4.94. The highest BCUT2D eigenvalue weighted by Gasteiger charge is 2.16. The number of nitrogens with zero attached hydrogens (tertiary/aromatic N) is 3. The van der Waals surface area contributed by atoms with Gasteiger partial charge in [0.1, 0.15) is 0 Å². The minimum Gasteiger partial charge on any atom is -0.466 e. The van der Waals surface area contributed by atoms with Gasteiger partial charge in [-0.1, -0.05) is 0 Å². The van der Waals surface area contributed by atoms with Crippen molar-refractivity contribution in [3.8, 4) is 0 Å². The maximum atomic E-state index is 11.3. The average molecular weight is 350 g/mol. The van der Waals surface area contributed by atoms with Crippen LogP contribution in [0.25, 0.3) is 0 Å². The lowest BCUT2D eigenvalue weighted by molar-refractivity contribution is -0.143. The molecule has 126 valence electrons. The summed E-state index contributed by atoms with van der Waals surface area (Å²) in [5.41, 5.74) is 1.24. The molecular formula is C15H25Cl2N3O2. The fraction of sp³-hybridized carbons (Fsp3) is 0.600. The minimum atomic E-state index is -0.0806. The van der Waals surface area contributed by atoms with Crippen molar-refractivity contribution in [1.82, 2.24) is 9.88 Å². The zero-order valence-corrected chi connectivity index (χ0v) is 14.6. The molecule has 0 unspecified atom stereocenters. The SMILES string of the molecule is CCOC(=O)CCCN1CCN(c2ccncc2)CC1.Cl.Cl. The Hall–Kier alpha value is -1.04. The van der Waals surface area contributed by atoms with Gasteiger partial charge in [-0.05, 0) is 32.0 Å². The third-order valence-electron chi connectivity index (χ3n) is 3.56. The molecular weight excluding hydrogens is 325 g/mol. The Morgan fingerprint density at radius 1 is 1.18 bits per heavy atom. The van der Waals surface area contributed by atoms with Crippen molar-refractivity contribution in [2.75, 3.05) is 44.2 Å². The highest BCUT2D eigenvalue weighted by atomic mass is 35.5. The molecule has 1 aliphatic rings. The number of ether oxygens (including phenoxy) is 1. The van der Waals surface area contributed by atoms with Crippen LogP contribution < -0.4 is 4.90 Å². The lowest BCUT2D eigenvalue weighted by atomic mass is 10.2. The van der Waals surface area contributed by atoms with E-state index in [1.54, 1.807) is 0 Å². The topological polar surface area (TPSA) is 45.7 Å². The lowest BCUT2D eigenvalue weighted by Gasteiger charge is -2.36. The summed E-state index contributed by atoms with van der Waals surface area (Å²) in [5.74, 6) is -0.0806. The predicted octanol–water partition coefficient (Wildman–Crippen LogP) is 2.39. The quantitative estimate of drug-likeness (QED) is 0.738. The fourth-order valence-electron chi connectivity index (χ4n) is 2.46. The van der Waals surface area contributed by atoms with Crippen LogP contribution in [-0.2, 0) is 9.53 Å². The molecule has 1 saturated heterocycles. The molecule has 0 aliphatic carbocycles. The number of carbonyl (C=O) groups excluding carboxylic acids is 1. The Labute approximate surface area is 144 Å². The molecule has 1 aromatic rings. The third kappa shape index (κ3) is 6.81. The first-order valence-electron chi connectivity index (χ1n) is 7.32.